The molecular formula is C10H18N2O3. The maximum absolute atomic E-state index is 11.8. The Morgan fingerprint density at radius 3 is 2.40 bits per heavy atom. The maximum atomic E-state index is 11.8. The van der Waals surface area contributed by atoms with Crippen LogP contribution in [0, 0.1) is 0 Å². The molecule has 0 aromatic heterocycles. The highest BCUT2D eigenvalue weighted by atomic mass is 16.4. The lowest BCUT2D eigenvalue weighted by atomic mass is 10.3. The summed E-state index contributed by atoms with van der Waals surface area (Å²) in [5.41, 5.74) is 0. The molecule has 15 heavy (non-hydrogen) atoms. The highest BCUT2D eigenvalue weighted by Crippen LogP contribution is 2.02. The zero-order chi connectivity index (χ0) is 12.0. The monoisotopic (exact) mass is 214 g/mol. The Morgan fingerprint density at radius 1 is 1.53 bits per heavy atom. The van der Waals surface area contributed by atoms with Gasteiger partial charge in [-0.15, -0.1) is 6.58 Å². The summed E-state index contributed by atoms with van der Waals surface area (Å²) in [6.07, 6.45) is 1.61. The molecule has 0 heterocycles. The van der Waals surface area contributed by atoms with Crippen LogP contribution in [-0.2, 0) is 4.79 Å². The predicted octanol–water partition coefficient (Wildman–Crippen LogP) is 1.02. The van der Waals surface area contributed by atoms with Crippen molar-refractivity contribution >= 4 is 12.0 Å². The quantitative estimate of drug-likeness (QED) is 0.695. The minimum absolute atomic E-state index is 0.299. The summed E-state index contributed by atoms with van der Waals surface area (Å²) in [7, 11) is 1.48. The van der Waals surface area contributed by atoms with E-state index in [9.17, 15) is 9.59 Å². The molecule has 0 aromatic carbocycles. The first kappa shape index (κ1) is 13.5. The van der Waals surface area contributed by atoms with Crippen LogP contribution >= 0.6 is 0 Å². The number of carboxylic acids is 1. The number of urea groups is 1. The Balaban J connectivity index is 4.53. The van der Waals surface area contributed by atoms with E-state index < -0.39 is 12.0 Å². The maximum Gasteiger partial charge on any atom is 0.326 e. The number of carbonyl (C=O) groups excluding carboxylic acids is 1. The van der Waals surface area contributed by atoms with E-state index in [-0.39, 0.29) is 6.03 Å². The summed E-state index contributed by atoms with van der Waals surface area (Å²) in [5.74, 6) is -1.01. The van der Waals surface area contributed by atoms with Crippen molar-refractivity contribution in [1.29, 1.82) is 0 Å². The van der Waals surface area contributed by atoms with Crippen LogP contribution in [0.15, 0.2) is 12.7 Å². The van der Waals surface area contributed by atoms with Gasteiger partial charge in [0.15, 0.2) is 0 Å². The fourth-order valence-corrected chi connectivity index (χ4v) is 1.05. The number of hydrogen-bond acceptors (Lipinski definition) is 2. The zero-order valence-corrected chi connectivity index (χ0v) is 9.43. The smallest absolute Gasteiger partial charge is 0.326 e. The SMILES string of the molecule is C=CCN(CC)C(=O)N(C)C(C)C(=O)O. The molecule has 0 aliphatic rings. The number of aliphatic carboxylic acids is 1. The minimum atomic E-state index is -1.01. The van der Waals surface area contributed by atoms with Gasteiger partial charge in [-0.25, -0.2) is 9.59 Å². The molecule has 0 aliphatic heterocycles. The number of amides is 2. The third kappa shape index (κ3) is 3.61. The van der Waals surface area contributed by atoms with E-state index >= 15 is 0 Å². The molecule has 0 spiro atoms. The van der Waals surface area contributed by atoms with Crippen LogP contribution in [0.25, 0.3) is 0 Å². The van der Waals surface area contributed by atoms with Crippen molar-refractivity contribution in [3.8, 4) is 0 Å². The highest BCUT2D eigenvalue weighted by Gasteiger charge is 2.24. The molecule has 0 rings (SSSR count). The second kappa shape index (κ2) is 6.06. The van der Waals surface area contributed by atoms with E-state index in [0.29, 0.717) is 13.1 Å². The molecule has 86 valence electrons. The van der Waals surface area contributed by atoms with Crippen molar-refractivity contribution in [2.45, 2.75) is 19.9 Å². The third-order valence-corrected chi connectivity index (χ3v) is 2.24. The number of carbonyl (C=O) groups is 2. The molecular weight excluding hydrogens is 196 g/mol. The summed E-state index contributed by atoms with van der Waals surface area (Å²) in [5, 5.41) is 8.75. The number of hydrogen-bond donors (Lipinski definition) is 1. The average Bonchev–Trinajstić information content (AvgIpc) is 2.22. The molecule has 0 fully saturated rings. The summed E-state index contributed by atoms with van der Waals surface area (Å²) >= 11 is 0. The van der Waals surface area contributed by atoms with E-state index in [1.54, 1.807) is 6.08 Å². The standard InChI is InChI=1S/C10H18N2O3/c1-5-7-12(6-2)10(15)11(4)8(3)9(13)14/h5,8H,1,6-7H2,2-4H3,(H,13,14). The fraction of sp³-hybridized carbons (Fsp3) is 0.600. The third-order valence-electron chi connectivity index (χ3n) is 2.24. The molecule has 5 nitrogen and oxygen atoms in total. The first-order valence-corrected chi connectivity index (χ1v) is 4.81. The van der Waals surface area contributed by atoms with Gasteiger partial charge in [0.05, 0.1) is 0 Å². The Morgan fingerprint density at radius 2 is 2.07 bits per heavy atom. The van der Waals surface area contributed by atoms with E-state index in [1.807, 2.05) is 6.92 Å². The molecule has 0 saturated heterocycles. The summed E-state index contributed by atoms with van der Waals surface area (Å²) in [4.78, 5) is 25.2. The van der Waals surface area contributed by atoms with Crippen LogP contribution in [-0.4, -0.2) is 53.1 Å². The first-order valence-electron chi connectivity index (χ1n) is 4.81. The topological polar surface area (TPSA) is 60.9 Å². The molecule has 0 bridgehead atoms. The molecule has 1 unspecified atom stereocenters. The number of likely N-dealkylation sites (N-methyl/N-ethyl adjacent to an activating group) is 2. The molecule has 0 aromatic rings. The highest BCUT2D eigenvalue weighted by molar-refractivity contribution is 5.82. The number of carboxylic acid groups (broad SMARTS) is 1. The van der Waals surface area contributed by atoms with E-state index in [2.05, 4.69) is 6.58 Å². The first-order chi connectivity index (χ1) is 6.95. The van der Waals surface area contributed by atoms with E-state index in [4.69, 9.17) is 5.11 Å². The van der Waals surface area contributed by atoms with Crippen LogP contribution in [0.2, 0.25) is 0 Å². The van der Waals surface area contributed by atoms with Crippen LogP contribution in [0.3, 0.4) is 0 Å². The normalized spacial score (nSPS) is 11.7. The Hall–Kier alpha value is -1.52. The molecule has 0 saturated carbocycles. The molecule has 1 N–H and O–H groups in total. The van der Waals surface area contributed by atoms with Gasteiger partial charge in [0.2, 0.25) is 0 Å². The van der Waals surface area contributed by atoms with Gasteiger partial charge < -0.3 is 14.9 Å². The number of nitrogens with zero attached hydrogens (tertiary/aromatic N) is 2. The van der Waals surface area contributed by atoms with Gasteiger partial charge in [-0.3, -0.25) is 0 Å². The average molecular weight is 214 g/mol. The van der Waals surface area contributed by atoms with Crippen LogP contribution in [0.1, 0.15) is 13.8 Å². The molecule has 0 radical (unpaired) electrons. The second-order valence-electron chi connectivity index (χ2n) is 3.24. The predicted molar refractivity (Wildman–Crippen MR) is 57.7 cm³/mol. The summed E-state index contributed by atoms with van der Waals surface area (Å²) in [6, 6.07) is -1.12. The molecule has 0 aliphatic carbocycles. The van der Waals surface area contributed by atoms with Gasteiger partial charge in [-0.05, 0) is 13.8 Å². The van der Waals surface area contributed by atoms with Crippen LogP contribution in [0.5, 0.6) is 0 Å². The lowest BCUT2D eigenvalue weighted by Crippen LogP contribution is -2.47. The van der Waals surface area contributed by atoms with Crippen molar-refractivity contribution < 1.29 is 14.7 Å². The summed E-state index contributed by atoms with van der Waals surface area (Å²) in [6.45, 7) is 7.80. The van der Waals surface area contributed by atoms with Crippen LogP contribution < -0.4 is 0 Å². The lowest BCUT2D eigenvalue weighted by Gasteiger charge is -2.28. The molecule has 5 heteroatoms. The van der Waals surface area contributed by atoms with Crippen molar-refractivity contribution in [1.82, 2.24) is 9.80 Å². The van der Waals surface area contributed by atoms with Crippen molar-refractivity contribution in [3.05, 3.63) is 12.7 Å². The largest absolute Gasteiger partial charge is 0.480 e. The Bertz CT molecular complexity index is 253. The lowest BCUT2D eigenvalue weighted by molar-refractivity contribution is -0.141. The van der Waals surface area contributed by atoms with Gasteiger partial charge in [0, 0.05) is 20.1 Å². The Kier molecular flexibility index (Phi) is 5.44. The second-order valence-corrected chi connectivity index (χ2v) is 3.24. The van der Waals surface area contributed by atoms with Crippen molar-refractivity contribution in [2.24, 2.45) is 0 Å². The van der Waals surface area contributed by atoms with Gasteiger partial charge >= 0.3 is 12.0 Å². The van der Waals surface area contributed by atoms with Crippen molar-refractivity contribution in [3.63, 3.8) is 0 Å². The van der Waals surface area contributed by atoms with E-state index in [1.165, 1.54) is 23.8 Å². The van der Waals surface area contributed by atoms with E-state index in [0.717, 1.165) is 0 Å². The minimum Gasteiger partial charge on any atom is -0.480 e. The van der Waals surface area contributed by atoms with Gasteiger partial charge in [-0.1, -0.05) is 6.08 Å². The van der Waals surface area contributed by atoms with Crippen LogP contribution in [0.4, 0.5) is 4.79 Å². The van der Waals surface area contributed by atoms with Gasteiger partial charge in [-0.2, -0.15) is 0 Å². The van der Waals surface area contributed by atoms with Gasteiger partial charge in [0.1, 0.15) is 6.04 Å². The number of rotatable bonds is 5. The Labute approximate surface area is 90.0 Å². The molecule has 1 atom stereocenters. The van der Waals surface area contributed by atoms with Gasteiger partial charge in [0.25, 0.3) is 0 Å². The summed E-state index contributed by atoms with van der Waals surface area (Å²) < 4.78 is 0. The zero-order valence-electron chi connectivity index (χ0n) is 9.43. The van der Waals surface area contributed by atoms with Crippen molar-refractivity contribution in [2.75, 3.05) is 20.1 Å². The fourth-order valence-electron chi connectivity index (χ4n) is 1.05. The molecule has 2 amide bonds.